The maximum Gasteiger partial charge on any atom is 0.333 e. The highest BCUT2D eigenvalue weighted by molar-refractivity contribution is 5.90. The van der Waals surface area contributed by atoms with Gasteiger partial charge < -0.3 is 24.1 Å². The molecule has 1 unspecified atom stereocenters. The van der Waals surface area contributed by atoms with Crippen LogP contribution in [-0.4, -0.2) is 65.7 Å². The van der Waals surface area contributed by atoms with Gasteiger partial charge in [-0.25, -0.2) is 4.79 Å². The number of methoxy groups -OCH3 is 1. The molecule has 2 saturated heterocycles. The van der Waals surface area contributed by atoms with Crippen molar-refractivity contribution in [2.75, 3.05) is 7.11 Å². The van der Waals surface area contributed by atoms with Crippen LogP contribution >= 0.6 is 0 Å². The topological polar surface area (TPSA) is 97.9 Å². The SMILES string of the molecule is CO[C@H]1CC(=O)[C@]2(C)[C@H]3CC[C@@]4(C)[C@@H](C[C@H]5OC54[C@H](C)[C@H]4CC(C)=C(C)C(=O)O4)[C@@H]3C[C@H]3O[C@]32[C@H]1O. The highest BCUT2D eigenvalue weighted by atomic mass is 16.6. The lowest BCUT2D eigenvalue weighted by Crippen LogP contribution is -2.68. The van der Waals surface area contributed by atoms with Crippen molar-refractivity contribution in [3.63, 3.8) is 0 Å². The van der Waals surface area contributed by atoms with Crippen LogP contribution in [0.25, 0.3) is 0 Å². The average molecular weight is 501 g/mol. The molecule has 7 heteroatoms. The molecule has 7 aliphatic rings. The molecule has 1 N–H and O–H groups in total. The number of fused-ring (bicyclic) bond motifs is 6. The van der Waals surface area contributed by atoms with Gasteiger partial charge in [0, 0.05) is 36.9 Å². The van der Waals surface area contributed by atoms with Crippen molar-refractivity contribution in [1.82, 2.24) is 0 Å². The van der Waals surface area contributed by atoms with Gasteiger partial charge in [0.15, 0.2) is 0 Å². The molecule has 7 nitrogen and oxygen atoms in total. The second kappa shape index (κ2) is 7.02. The minimum absolute atomic E-state index is 0.0363. The molecule has 4 saturated carbocycles. The van der Waals surface area contributed by atoms with Crippen LogP contribution in [-0.2, 0) is 28.5 Å². The molecule has 1 spiro atoms. The Hall–Kier alpha value is -1.28. The molecule has 0 radical (unpaired) electrons. The summed E-state index contributed by atoms with van der Waals surface area (Å²) < 4.78 is 24.4. The number of ketones is 1. The minimum Gasteiger partial charge on any atom is -0.458 e. The molecule has 198 valence electrons. The number of ether oxygens (including phenoxy) is 4. The van der Waals surface area contributed by atoms with Gasteiger partial charge in [0.05, 0.1) is 23.7 Å². The highest BCUT2D eigenvalue weighted by Crippen LogP contribution is 2.78. The van der Waals surface area contributed by atoms with E-state index in [9.17, 15) is 14.7 Å². The maximum absolute atomic E-state index is 13.7. The van der Waals surface area contributed by atoms with E-state index in [4.69, 9.17) is 18.9 Å². The second-order valence-electron chi connectivity index (χ2n) is 13.5. The highest BCUT2D eigenvalue weighted by Gasteiger charge is 2.85. The first kappa shape index (κ1) is 23.8. The fourth-order valence-corrected chi connectivity index (χ4v) is 10.5. The Balaban J connectivity index is 1.20. The quantitative estimate of drug-likeness (QED) is 0.469. The van der Waals surface area contributed by atoms with E-state index in [1.54, 1.807) is 7.11 Å². The molecule has 4 aliphatic carbocycles. The van der Waals surface area contributed by atoms with E-state index in [0.29, 0.717) is 11.8 Å². The van der Waals surface area contributed by atoms with Gasteiger partial charge in [0.1, 0.15) is 29.2 Å². The zero-order chi connectivity index (χ0) is 25.6. The summed E-state index contributed by atoms with van der Waals surface area (Å²) in [6, 6.07) is 0. The predicted octanol–water partition coefficient (Wildman–Crippen LogP) is 3.36. The Morgan fingerprint density at radius 3 is 2.50 bits per heavy atom. The number of rotatable bonds is 3. The van der Waals surface area contributed by atoms with Crippen molar-refractivity contribution >= 4 is 11.8 Å². The Morgan fingerprint density at radius 2 is 1.81 bits per heavy atom. The van der Waals surface area contributed by atoms with Crippen LogP contribution in [0.1, 0.15) is 73.1 Å². The first-order valence-electron chi connectivity index (χ1n) is 13.9. The van der Waals surface area contributed by atoms with Gasteiger partial charge >= 0.3 is 5.97 Å². The number of esters is 1. The Kier molecular flexibility index (Phi) is 4.64. The summed E-state index contributed by atoms with van der Waals surface area (Å²) in [7, 11) is 1.57. The molecule has 0 aromatic heterocycles. The fraction of sp³-hybridized carbons (Fsp3) is 0.862. The molecule has 6 fully saturated rings. The van der Waals surface area contributed by atoms with Crippen LogP contribution in [0.5, 0.6) is 0 Å². The van der Waals surface area contributed by atoms with Gasteiger partial charge in [0.2, 0.25) is 0 Å². The van der Waals surface area contributed by atoms with Crippen molar-refractivity contribution in [1.29, 1.82) is 0 Å². The standard InChI is InChI=1S/C29H40O7/c1-13-9-19(34-25(32)14(13)2)15(3)28-23(35-28)11-18-16-10-22-29(36-22)24(31)20(33-6)12-21(30)27(29,5)17(16)7-8-26(18,28)4/h15-20,22-24,31H,7-12H2,1-6H3/t15-,16-,17+,18+,19-,20+,22-,23-,24+,26+,27+,28?,29+/m1/s1. The maximum atomic E-state index is 13.7. The molecule has 0 bridgehead atoms. The monoisotopic (exact) mass is 500 g/mol. The molecule has 7 rings (SSSR count). The average Bonchev–Trinajstić information content (AvgIpc) is 3.74. The Morgan fingerprint density at radius 1 is 1.06 bits per heavy atom. The fourth-order valence-electron chi connectivity index (χ4n) is 10.5. The lowest BCUT2D eigenvalue weighted by Gasteiger charge is -2.60. The third-order valence-electron chi connectivity index (χ3n) is 12.7. The zero-order valence-corrected chi connectivity index (χ0v) is 22.3. The summed E-state index contributed by atoms with van der Waals surface area (Å²) in [4.78, 5) is 26.2. The number of carbonyl (C=O) groups excluding carboxylic acids is 2. The van der Waals surface area contributed by atoms with Crippen molar-refractivity contribution in [3.05, 3.63) is 11.1 Å². The van der Waals surface area contributed by atoms with E-state index in [-0.39, 0.29) is 59.3 Å². The summed E-state index contributed by atoms with van der Waals surface area (Å²) >= 11 is 0. The number of aliphatic hydroxyl groups is 1. The Labute approximate surface area is 213 Å². The minimum atomic E-state index is -0.793. The molecule has 13 atom stereocenters. The van der Waals surface area contributed by atoms with Crippen LogP contribution in [0.3, 0.4) is 0 Å². The third-order valence-corrected chi connectivity index (χ3v) is 12.7. The van der Waals surface area contributed by atoms with E-state index < -0.39 is 23.2 Å². The summed E-state index contributed by atoms with van der Waals surface area (Å²) in [6.07, 6.45) is 3.47. The lowest BCUT2D eigenvalue weighted by molar-refractivity contribution is -0.187. The number of epoxide rings is 2. The van der Waals surface area contributed by atoms with Crippen LogP contribution < -0.4 is 0 Å². The van der Waals surface area contributed by atoms with Crippen LogP contribution in [0.4, 0.5) is 0 Å². The number of carbonyl (C=O) groups is 2. The van der Waals surface area contributed by atoms with E-state index in [1.165, 1.54) is 0 Å². The number of hydrogen-bond acceptors (Lipinski definition) is 7. The van der Waals surface area contributed by atoms with Crippen LogP contribution in [0.15, 0.2) is 11.1 Å². The first-order valence-corrected chi connectivity index (χ1v) is 13.9. The molecule has 3 aliphatic heterocycles. The normalized spacial score (nSPS) is 57.6. The van der Waals surface area contributed by atoms with Crippen molar-refractivity contribution in [3.8, 4) is 0 Å². The van der Waals surface area contributed by atoms with Gasteiger partial charge in [0.25, 0.3) is 0 Å². The van der Waals surface area contributed by atoms with Crippen molar-refractivity contribution in [2.45, 2.75) is 115 Å². The summed E-state index contributed by atoms with van der Waals surface area (Å²) in [5, 5.41) is 11.3. The van der Waals surface area contributed by atoms with Crippen molar-refractivity contribution < 1.29 is 33.6 Å². The van der Waals surface area contributed by atoms with E-state index in [1.807, 2.05) is 13.8 Å². The molecule has 36 heavy (non-hydrogen) atoms. The van der Waals surface area contributed by atoms with Gasteiger partial charge in [-0.15, -0.1) is 0 Å². The number of aliphatic hydroxyl groups excluding tert-OH is 1. The number of hydrogen-bond donors (Lipinski definition) is 1. The zero-order valence-electron chi connectivity index (χ0n) is 22.3. The van der Waals surface area contributed by atoms with Gasteiger partial charge in [-0.2, -0.15) is 0 Å². The van der Waals surface area contributed by atoms with E-state index in [2.05, 4.69) is 20.8 Å². The van der Waals surface area contributed by atoms with Gasteiger partial charge in [-0.05, 0) is 64.2 Å². The lowest BCUT2D eigenvalue weighted by atomic mass is 9.43. The summed E-state index contributed by atoms with van der Waals surface area (Å²) in [6.45, 7) is 10.6. The Bertz CT molecular complexity index is 1080. The van der Waals surface area contributed by atoms with E-state index in [0.717, 1.165) is 43.3 Å². The summed E-state index contributed by atoms with van der Waals surface area (Å²) in [5.74, 6) is 1.09. The smallest absolute Gasteiger partial charge is 0.333 e. The van der Waals surface area contributed by atoms with Crippen molar-refractivity contribution in [2.24, 2.45) is 34.5 Å². The third kappa shape index (κ3) is 2.42. The first-order chi connectivity index (χ1) is 17.0. The number of Topliss-reactive ketones (excluding diaryl/α,β-unsaturated/α-hetero) is 1. The number of cyclic esters (lactones) is 1. The van der Waals surface area contributed by atoms with Crippen LogP contribution in [0.2, 0.25) is 0 Å². The molecular weight excluding hydrogens is 460 g/mol. The summed E-state index contributed by atoms with van der Waals surface area (Å²) in [5.41, 5.74) is 0.0618. The largest absolute Gasteiger partial charge is 0.458 e. The predicted molar refractivity (Wildman–Crippen MR) is 129 cm³/mol. The molecular formula is C29H40O7. The molecule has 0 aromatic rings. The second-order valence-corrected chi connectivity index (χ2v) is 13.5. The molecule has 0 amide bonds. The van der Waals surface area contributed by atoms with E-state index >= 15 is 0 Å². The van der Waals surface area contributed by atoms with Crippen LogP contribution in [0, 0.1) is 34.5 Å². The van der Waals surface area contributed by atoms with Gasteiger partial charge in [-0.1, -0.05) is 19.4 Å². The van der Waals surface area contributed by atoms with Gasteiger partial charge in [-0.3, -0.25) is 4.79 Å². The molecule has 3 heterocycles. The molecule has 0 aromatic carbocycles.